The summed E-state index contributed by atoms with van der Waals surface area (Å²) < 4.78 is 13.2. The molecule has 2 aromatic rings. The van der Waals surface area contributed by atoms with Gasteiger partial charge in [0.15, 0.2) is 5.17 Å². The van der Waals surface area contributed by atoms with Gasteiger partial charge in [0, 0.05) is 12.4 Å². The highest BCUT2D eigenvalue weighted by atomic mass is 32.2. The maximum Gasteiger partial charge on any atom is 0.266 e. The largest absolute Gasteiger partial charge is 0.289 e. The predicted octanol–water partition coefficient (Wildman–Crippen LogP) is 3.82. The number of benzene rings is 1. The molecule has 0 saturated carbocycles. The molecule has 2 heterocycles. The van der Waals surface area contributed by atoms with Crippen LogP contribution in [0.4, 0.5) is 9.52 Å². The van der Waals surface area contributed by atoms with Crippen LogP contribution in [0, 0.1) is 12.7 Å². The van der Waals surface area contributed by atoms with Gasteiger partial charge in [-0.3, -0.25) is 9.69 Å². The summed E-state index contributed by atoms with van der Waals surface area (Å²) in [5.41, 5.74) is 1.55. The van der Waals surface area contributed by atoms with Crippen molar-refractivity contribution in [3.63, 3.8) is 0 Å². The highest BCUT2D eigenvalue weighted by molar-refractivity contribution is 8.18. The zero-order valence-corrected chi connectivity index (χ0v) is 13.5. The van der Waals surface area contributed by atoms with Crippen LogP contribution in [0.25, 0.3) is 6.08 Å². The lowest BCUT2D eigenvalue weighted by molar-refractivity contribution is -0.121. The quantitative estimate of drug-likeness (QED) is 0.785. The van der Waals surface area contributed by atoms with Crippen molar-refractivity contribution in [2.24, 2.45) is 4.99 Å². The zero-order chi connectivity index (χ0) is 15.7. The van der Waals surface area contributed by atoms with Crippen molar-refractivity contribution in [2.45, 2.75) is 6.92 Å². The Morgan fingerprint density at radius 2 is 2.23 bits per heavy atom. The molecule has 1 fully saturated rings. The number of aryl methyl sites for hydroxylation is 1. The SMILES string of the molecule is Cc1csc(/N=C2/S/C(=C\c3cccc(F)c3)C(=O)N2C)n1. The van der Waals surface area contributed by atoms with E-state index in [0.717, 1.165) is 5.69 Å². The standard InChI is InChI=1S/C15H12FN3OS2/c1-9-8-21-14(17-9)18-15-19(2)13(20)12(22-15)7-10-4-3-5-11(16)6-10/h3-8H,1-2H3/b12-7-,18-15+. The third kappa shape index (κ3) is 3.10. The van der Waals surface area contributed by atoms with Crippen LogP contribution in [0.1, 0.15) is 11.3 Å². The van der Waals surface area contributed by atoms with Crippen molar-refractivity contribution >= 4 is 45.4 Å². The lowest BCUT2D eigenvalue weighted by Gasteiger charge is -2.05. The number of nitrogens with zero attached hydrogens (tertiary/aromatic N) is 3. The number of amides is 1. The molecule has 112 valence electrons. The van der Waals surface area contributed by atoms with Gasteiger partial charge in [0.1, 0.15) is 5.82 Å². The molecule has 22 heavy (non-hydrogen) atoms. The highest BCUT2D eigenvalue weighted by Crippen LogP contribution is 2.33. The third-order valence-corrected chi connectivity index (χ3v) is 4.86. The zero-order valence-electron chi connectivity index (χ0n) is 11.9. The van der Waals surface area contributed by atoms with Crippen LogP contribution < -0.4 is 0 Å². The minimum Gasteiger partial charge on any atom is -0.289 e. The Kier molecular flexibility index (Phi) is 4.08. The minimum absolute atomic E-state index is 0.152. The van der Waals surface area contributed by atoms with Gasteiger partial charge in [0.2, 0.25) is 5.13 Å². The van der Waals surface area contributed by atoms with E-state index in [1.165, 1.54) is 40.1 Å². The first-order valence-electron chi connectivity index (χ1n) is 6.47. The molecule has 0 spiro atoms. The maximum atomic E-state index is 13.2. The first-order valence-corrected chi connectivity index (χ1v) is 8.16. The average Bonchev–Trinajstić information content (AvgIpc) is 2.99. The van der Waals surface area contributed by atoms with Crippen molar-refractivity contribution < 1.29 is 9.18 Å². The number of amidine groups is 1. The number of aliphatic imine (C=N–C) groups is 1. The van der Waals surface area contributed by atoms with Crippen molar-refractivity contribution in [1.82, 2.24) is 9.88 Å². The number of carbonyl (C=O) groups is 1. The first kappa shape index (κ1) is 14.9. The summed E-state index contributed by atoms with van der Waals surface area (Å²) in [7, 11) is 1.67. The molecule has 1 aliphatic heterocycles. The van der Waals surface area contributed by atoms with Crippen molar-refractivity contribution in [3.05, 3.63) is 51.6 Å². The van der Waals surface area contributed by atoms with Crippen molar-refractivity contribution in [1.29, 1.82) is 0 Å². The second-order valence-corrected chi connectivity index (χ2v) is 6.54. The van der Waals surface area contributed by atoms with Gasteiger partial charge in [-0.1, -0.05) is 12.1 Å². The van der Waals surface area contributed by atoms with E-state index >= 15 is 0 Å². The molecule has 1 aromatic heterocycles. The molecular weight excluding hydrogens is 321 g/mol. The smallest absolute Gasteiger partial charge is 0.266 e. The molecule has 4 nitrogen and oxygen atoms in total. The van der Waals surface area contributed by atoms with Gasteiger partial charge in [-0.05, 0) is 42.5 Å². The van der Waals surface area contributed by atoms with E-state index in [1.54, 1.807) is 25.3 Å². The number of thioether (sulfide) groups is 1. The minimum atomic E-state index is -0.328. The third-order valence-electron chi connectivity index (χ3n) is 2.95. The predicted molar refractivity (Wildman–Crippen MR) is 88.7 cm³/mol. The highest BCUT2D eigenvalue weighted by Gasteiger charge is 2.30. The molecular formula is C15H12FN3OS2. The van der Waals surface area contributed by atoms with Gasteiger partial charge in [0.25, 0.3) is 5.91 Å². The Morgan fingerprint density at radius 3 is 2.91 bits per heavy atom. The fourth-order valence-electron chi connectivity index (χ4n) is 1.87. The Bertz CT molecular complexity index is 798. The first-order chi connectivity index (χ1) is 10.5. The van der Waals surface area contributed by atoms with Crippen molar-refractivity contribution in [2.75, 3.05) is 7.05 Å². The van der Waals surface area contributed by atoms with E-state index in [2.05, 4.69) is 9.98 Å². The second-order valence-electron chi connectivity index (χ2n) is 4.70. The van der Waals surface area contributed by atoms with E-state index in [1.807, 2.05) is 12.3 Å². The van der Waals surface area contributed by atoms with Crippen LogP contribution in [-0.2, 0) is 4.79 Å². The van der Waals surface area contributed by atoms with Crippen LogP contribution in [-0.4, -0.2) is 28.0 Å². The monoisotopic (exact) mass is 333 g/mol. The summed E-state index contributed by atoms with van der Waals surface area (Å²) >= 11 is 2.69. The van der Waals surface area contributed by atoms with Crippen LogP contribution in [0.15, 0.2) is 39.5 Å². The topological polar surface area (TPSA) is 45.6 Å². The lowest BCUT2D eigenvalue weighted by Crippen LogP contribution is -2.23. The molecule has 3 rings (SSSR count). The molecule has 0 N–H and O–H groups in total. The normalized spacial score (nSPS) is 18.7. The van der Waals surface area contributed by atoms with E-state index < -0.39 is 0 Å². The molecule has 1 amide bonds. The van der Waals surface area contributed by atoms with Gasteiger partial charge in [-0.25, -0.2) is 9.37 Å². The molecule has 0 unspecified atom stereocenters. The number of hydrogen-bond acceptors (Lipinski definition) is 5. The second kappa shape index (κ2) is 6.02. The molecule has 0 radical (unpaired) electrons. The number of carbonyl (C=O) groups excluding carboxylic acids is 1. The number of likely N-dealkylation sites (N-methyl/N-ethyl adjacent to an activating group) is 1. The lowest BCUT2D eigenvalue weighted by atomic mass is 10.2. The van der Waals surface area contributed by atoms with Gasteiger partial charge < -0.3 is 0 Å². The van der Waals surface area contributed by atoms with Crippen molar-refractivity contribution in [3.8, 4) is 0 Å². The molecule has 7 heteroatoms. The Labute approximate surface area is 135 Å². The molecule has 1 aliphatic rings. The number of halogens is 1. The summed E-state index contributed by atoms with van der Waals surface area (Å²) in [5, 5.41) is 3.10. The molecule has 1 saturated heterocycles. The summed E-state index contributed by atoms with van der Waals surface area (Å²) in [6.45, 7) is 1.89. The van der Waals surface area contributed by atoms with E-state index in [-0.39, 0.29) is 11.7 Å². The average molecular weight is 333 g/mol. The summed E-state index contributed by atoms with van der Waals surface area (Å²) in [6, 6.07) is 6.13. The van der Waals surface area contributed by atoms with Crippen LogP contribution >= 0.6 is 23.1 Å². The molecule has 0 aliphatic carbocycles. The number of aromatic nitrogens is 1. The Hall–Kier alpha value is -1.99. The molecule has 0 atom stereocenters. The Morgan fingerprint density at radius 1 is 1.41 bits per heavy atom. The molecule has 0 bridgehead atoms. The Balaban J connectivity index is 1.90. The summed E-state index contributed by atoms with van der Waals surface area (Å²) in [4.78, 5) is 22.9. The van der Waals surface area contributed by atoms with E-state index in [0.29, 0.717) is 20.8 Å². The number of rotatable bonds is 2. The van der Waals surface area contributed by atoms with E-state index in [9.17, 15) is 9.18 Å². The van der Waals surface area contributed by atoms with Crippen LogP contribution in [0.2, 0.25) is 0 Å². The molecule has 1 aromatic carbocycles. The summed E-state index contributed by atoms with van der Waals surface area (Å²) in [6.07, 6.45) is 1.67. The number of thiazole rings is 1. The van der Waals surface area contributed by atoms with E-state index in [4.69, 9.17) is 0 Å². The van der Waals surface area contributed by atoms with Crippen LogP contribution in [0.3, 0.4) is 0 Å². The van der Waals surface area contributed by atoms with Gasteiger partial charge in [-0.15, -0.1) is 11.3 Å². The maximum absolute atomic E-state index is 13.2. The van der Waals surface area contributed by atoms with Gasteiger partial charge in [0.05, 0.1) is 10.6 Å². The van der Waals surface area contributed by atoms with Gasteiger partial charge in [-0.2, -0.15) is 4.99 Å². The summed E-state index contributed by atoms with van der Waals surface area (Å²) in [5.74, 6) is -0.480. The van der Waals surface area contributed by atoms with Gasteiger partial charge >= 0.3 is 0 Å². The fourth-order valence-corrected chi connectivity index (χ4v) is 3.56. The fraction of sp³-hybridized carbons (Fsp3) is 0.133. The number of hydrogen-bond donors (Lipinski definition) is 0. The van der Waals surface area contributed by atoms with Crippen LogP contribution in [0.5, 0.6) is 0 Å².